The summed E-state index contributed by atoms with van der Waals surface area (Å²) in [5.41, 5.74) is 7.28. The Labute approximate surface area is 384 Å². The first kappa shape index (κ1) is 38.1. The molecule has 0 bridgehead atoms. The van der Waals surface area contributed by atoms with Gasteiger partial charge in [-0.1, -0.05) is 150 Å². The van der Waals surface area contributed by atoms with Gasteiger partial charge in [0.1, 0.15) is 5.82 Å². The van der Waals surface area contributed by atoms with Crippen LogP contribution in [0.3, 0.4) is 0 Å². The molecule has 0 radical (unpaired) electrons. The monoisotopic (exact) mass is 927 g/mol. The molecule has 0 fully saturated rings. The molecule has 0 amide bonds. The Hall–Kier alpha value is -7.60. The fourth-order valence-electron chi connectivity index (χ4n) is 10.2. The second kappa shape index (κ2) is 15.0. The molecule has 6 nitrogen and oxygen atoms in total. The first-order valence-electron chi connectivity index (χ1n) is 21.2. The van der Waals surface area contributed by atoms with Crippen LogP contribution in [0.15, 0.2) is 213 Å². The summed E-state index contributed by atoms with van der Waals surface area (Å²) in [5, 5.41) is 10.6. The van der Waals surface area contributed by atoms with Gasteiger partial charge in [-0.15, -0.1) is 30.3 Å². The molecule has 0 unspecified atom stereocenters. The zero-order valence-electron chi connectivity index (χ0n) is 34.2. The van der Waals surface area contributed by atoms with Crippen molar-refractivity contribution in [3.8, 4) is 17.2 Å². The molecular weight excluding hydrogens is 893 g/mol. The van der Waals surface area contributed by atoms with E-state index in [1.807, 2.05) is 36.8 Å². The number of anilines is 3. The molecule has 12 aromatic rings. The number of rotatable bonds is 6. The van der Waals surface area contributed by atoms with E-state index in [2.05, 4.69) is 202 Å². The Kier molecular flexibility index (Phi) is 8.96. The van der Waals surface area contributed by atoms with Crippen LogP contribution in [0.1, 0.15) is 0 Å². The number of para-hydroxylation sites is 3. The van der Waals surface area contributed by atoms with Gasteiger partial charge in [-0.25, -0.2) is 4.98 Å². The van der Waals surface area contributed by atoms with Crippen LogP contribution in [-0.4, -0.2) is 27.0 Å². The van der Waals surface area contributed by atoms with Gasteiger partial charge in [0.25, 0.3) is 0 Å². The quantitative estimate of drug-likeness (QED) is 0.0947. The van der Waals surface area contributed by atoms with Crippen molar-refractivity contribution >= 4 is 95.1 Å². The number of benzene rings is 8. The summed E-state index contributed by atoms with van der Waals surface area (Å²) in [7, 11) is -3.16. The van der Waals surface area contributed by atoms with Crippen molar-refractivity contribution in [1.82, 2.24) is 18.9 Å². The van der Waals surface area contributed by atoms with Gasteiger partial charge in [-0.2, -0.15) is 6.07 Å². The summed E-state index contributed by atoms with van der Waals surface area (Å²) in [6.07, 6.45) is 5.75. The molecule has 8 aromatic carbocycles. The first-order chi connectivity index (χ1) is 31.3. The standard InChI is InChI=1S/C56H35N5OSi.Pd/c1-4-16-38(17-5-1)60-50-27-13-11-25-46(50)47-31-32-51-54(53(47)60)63(42-20-6-2-7-21-42,43-22-8-3-9-23-43)52-28-15-33-57-56(52)61(51)39-18-14-19-40(36-39)62-41-29-30-44-45-24-10-12-26-49(45)59-35-34-58-55(59)48(44)37-41;/h1-35H;/q-2;+2. The molecule has 0 saturated carbocycles. The third-order valence-corrected chi connectivity index (χ3v) is 17.6. The van der Waals surface area contributed by atoms with Crippen molar-refractivity contribution in [2.45, 2.75) is 0 Å². The van der Waals surface area contributed by atoms with Gasteiger partial charge in [0.05, 0.1) is 16.7 Å². The molecule has 0 N–H and O–H groups in total. The van der Waals surface area contributed by atoms with Crippen molar-refractivity contribution in [3.63, 3.8) is 0 Å². The number of nitrogens with zero attached hydrogens (tertiary/aromatic N) is 5. The molecule has 1 aliphatic rings. The van der Waals surface area contributed by atoms with E-state index in [0.29, 0.717) is 11.5 Å². The minimum atomic E-state index is -3.16. The van der Waals surface area contributed by atoms with Crippen LogP contribution >= 0.6 is 0 Å². The molecule has 304 valence electrons. The van der Waals surface area contributed by atoms with Gasteiger partial charge < -0.3 is 18.6 Å². The van der Waals surface area contributed by atoms with Crippen LogP contribution in [0.2, 0.25) is 0 Å². The summed E-state index contributed by atoms with van der Waals surface area (Å²) >= 11 is 0. The summed E-state index contributed by atoms with van der Waals surface area (Å²) in [5.74, 6) is 2.04. The minimum absolute atomic E-state index is 0. The average molecular weight is 928 g/mol. The fourth-order valence-corrected chi connectivity index (χ4v) is 15.5. The second-order valence-corrected chi connectivity index (χ2v) is 19.7. The largest absolute Gasteiger partial charge is 2.00 e. The zero-order chi connectivity index (χ0) is 41.5. The first-order valence-corrected chi connectivity index (χ1v) is 23.2. The van der Waals surface area contributed by atoms with Gasteiger partial charge >= 0.3 is 20.4 Å². The molecular formula is C56H35N5OPdSi. The Morgan fingerprint density at radius 3 is 1.92 bits per heavy atom. The Morgan fingerprint density at radius 1 is 0.500 bits per heavy atom. The van der Waals surface area contributed by atoms with Crippen LogP contribution in [0, 0.1) is 12.1 Å². The Morgan fingerprint density at radius 2 is 1.16 bits per heavy atom. The van der Waals surface area contributed by atoms with Crippen molar-refractivity contribution in [3.05, 3.63) is 225 Å². The number of aromatic nitrogens is 4. The second-order valence-electron chi connectivity index (χ2n) is 16.0. The SMILES string of the molecule is [Pd+2].[c-]1c(Oc2[c-]c3c(cc2)c2ccccc2n2ccnc32)cccc1N1c2ccc3c4ccccc4n(-c4ccccc4)c3c2[Si](c2ccccc2)(c2ccccc2)c2cccnc21. The van der Waals surface area contributed by atoms with Gasteiger partial charge in [0.2, 0.25) is 0 Å². The summed E-state index contributed by atoms with van der Waals surface area (Å²) < 4.78 is 11.3. The fraction of sp³-hybridized carbons (Fsp3) is 0. The van der Waals surface area contributed by atoms with Crippen LogP contribution < -0.4 is 30.4 Å². The van der Waals surface area contributed by atoms with E-state index in [-0.39, 0.29) is 20.4 Å². The molecule has 0 aliphatic carbocycles. The van der Waals surface area contributed by atoms with Gasteiger partial charge in [0.15, 0.2) is 8.07 Å². The van der Waals surface area contributed by atoms with Gasteiger partial charge in [-0.05, 0) is 57.3 Å². The van der Waals surface area contributed by atoms with E-state index < -0.39 is 8.07 Å². The topological polar surface area (TPSA) is 47.6 Å². The average Bonchev–Trinajstić information content (AvgIpc) is 3.99. The molecule has 0 atom stereocenters. The van der Waals surface area contributed by atoms with Crippen molar-refractivity contribution in [2.75, 3.05) is 4.90 Å². The van der Waals surface area contributed by atoms with E-state index >= 15 is 0 Å². The summed E-state index contributed by atoms with van der Waals surface area (Å²) in [4.78, 5) is 12.3. The normalized spacial score (nSPS) is 13.0. The smallest absolute Gasteiger partial charge is 0.503 e. The van der Waals surface area contributed by atoms with Gasteiger partial charge in [0, 0.05) is 62.9 Å². The van der Waals surface area contributed by atoms with Crippen LogP contribution in [0.5, 0.6) is 11.5 Å². The maximum atomic E-state index is 6.71. The number of imidazole rings is 1. The molecule has 64 heavy (non-hydrogen) atoms. The predicted octanol–water partition coefficient (Wildman–Crippen LogP) is 10.7. The van der Waals surface area contributed by atoms with Crippen molar-refractivity contribution in [2.24, 2.45) is 0 Å². The molecule has 0 saturated heterocycles. The predicted molar refractivity (Wildman–Crippen MR) is 258 cm³/mol. The number of hydrogen-bond donors (Lipinski definition) is 0. The van der Waals surface area contributed by atoms with E-state index in [4.69, 9.17) is 14.7 Å². The Balaban J connectivity index is 0.00000433. The Bertz CT molecular complexity index is 3700. The van der Waals surface area contributed by atoms with Crippen molar-refractivity contribution in [1.29, 1.82) is 0 Å². The van der Waals surface area contributed by atoms with E-state index in [9.17, 15) is 0 Å². The van der Waals surface area contributed by atoms with Crippen LogP contribution in [0.25, 0.3) is 54.8 Å². The van der Waals surface area contributed by atoms with Crippen LogP contribution in [0.4, 0.5) is 17.2 Å². The summed E-state index contributed by atoms with van der Waals surface area (Å²) in [6.45, 7) is 0. The molecule has 1 aliphatic heterocycles. The third kappa shape index (κ3) is 5.54. The van der Waals surface area contributed by atoms with E-state index in [1.54, 1.807) is 0 Å². The zero-order valence-corrected chi connectivity index (χ0v) is 36.7. The number of pyridine rings is 2. The molecule has 0 spiro atoms. The molecule has 8 heteroatoms. The molecule has 13 rings (SSSR count). The minimum Gasteiger partial charge on any atom is -0.503 e. The molecule has 5 heterocycles. The third-order valence-electron chi connectivity index (χ3n) is 12.7. The van der Waals surface area contributed by atoms with E-state index in [1.165, 1.54) is 37.0 Å². The van der Waals surface area contributed by atoms with Crippen LogP contribution in [-0.2, 0) is 20.4 Å². The number of ether oxygens (including phenoxy) is 1. The van der Waals surface area contributed by atoms with E-state index in [0.717, 1.165) is 55.7 Å². The van der Waals surface area contributed by atoms with Gasteiger partial charge in [-0.3, -0.25) is 4.98 Å². The maximum Gasteiger partial charge on any atom is 2.00 e. The maximum absolute atomic E-state index is 6.71. The van der Waals surface area contributed by atoms with Crippen molar-refractivity contribution < 1.29 is 25.2 Å². The molecule has 4 aromatic heterocycles. The number of fused-ring (bicyclic) bond motifs is 12. The number of hydrogen-bond acceptors (Lipinski definition) is 4. The summed E-state index contributed by atoms with van der Waals surface area (Å²) in [6, 6.07) is 76.7.